The summed E-state index contributed by atoms with van der Waals surface area (Å²) in [4.78, 5) is 4.61. The third-order valence-corrected chi connectivity index (χ3v) is 3.28. The second-order valence-corrected chi connectivity index (χ2v) is 5.45. The van der Waals surface area contributed by atoms with E-state index in [-0.39, 0.29) is 0 Å². The smallest absolute Gasteiger partial charge is 0.214 e. The number of rotatable bonds is 7. The van der Waals surface area contributed by atoms with Crippen molar-refractivity contribution in [2.75, 3.05) is 6.54 Å². The van der Waals surface area contributed by atoms with Gasteiger partial charge in [-0.15, -0.1) is 0 Å². The molecule has 0 bridgehead atoms. The molecule has 3 heteroatoms. The van der Waals surface area contributed by atoms with Crippen LogP contribution in [-0.4, -0.2) is 11.5 Å². The Labute approximate surface area is 127 Å². The van der Waals surface area contributed by atoms with Crippen molar-refractivity contribution in [3.05, 3.63) is 59.3 Å². The Kier molecular flexibility index (Phi) is 5.76. The van der Waals surface area contributed by atoms with Crippen molar-refractivity contribution < 1.29 is 4.74 Å². The fourth-order valence-corrected chi connectivity index (χ4v) is 2.05. The molecule has 3 nitrogen and oxygen atoms in total. The third kappa shape index (κ3) is 4.87. The molecular formula is C18H24N2O. The highest BCUT2D eigenvalue weighted by molar-refractivity contribution is 5.27. The van der Waals surface area contributed by atoms with E-state index in [1.807, 2.05) is 24.3 Å². The number of pyridine rings is 1. The average molecular weight is 284 g/mol. The molecule has 0 spiro atoms. The van der Waals surface area contributed by atoms with Crippen LogP contribution in [0.3, 0.4) is 0 Å². The Morgan fingerprint density at radius 2 is 1.86 bits per heavy atom. The van der Waals surface area contributed by atoms with Crippen LogP contribution in [0.2, 0.25) is 0 Å². The third-order valence-electron chi connectivity index (χ3n) is 3.28. The van der Waals surface area contributed by atoms with Crippen LogP contribution in [0, 0.1) is 0 Å². The zero-order valence-electron chi connectivity index (χ0n) is 13.1. The molecule has 112 valence electrons. The van der Waals surface area contributed by atoms with Gasteiger partial charge in [-0.05, 0) is 29.7 Å². The summed E-state index contributed by atoms with van der Waals surface area (Å²) in [5, 5.41) is 3.35. The van der Waals surface area contributed by atoms with Gasteiger partial charge in [0.15, 0.2) is 0 Å². The summed E-state index contributed by atoms with van der Waals surface area (Å²) < 4.78 is 5.86. The van der Waals surface area contributed by atoms with Crippen LogP contribution < -0.4 is 10.1 Å². The topological polar surface area (TPSA) is 34.1 Å². The summed E-state index contributed by atoms with van der Waals surface area (Å²) in [6.07, 6.45) is 0. The Bertz CT molecular complexity index is 552. The highest BCUT2D eigenvalue weighted by atomic mass is 16.5. The van der Waals surface area contributed by atoms with Crippen molar-refractivity contribution in [2.24, 2.45) is 0 Å². The van der Waals surface area contributed by atoms with Crippen LogP contribution in [0.4, 0.5) is 0 Å². The lowest BCUT2D eigenvalue weighted by Crippen LogP contribution is -2.12. The van der Waals surface area contributed by atoms with Gasteiger partial charge < -0.3 is 10.1 Å². The van der Waals surface area contributed by atoms with Crippen LogP contribution >= 0.6 is 0 Å². The van der Waals surface area contributed by atoms with Crippen molar-refractivity contribution in [3.63, 3.8) is 0 Å². The molecule has 21 heavy (non-hydrogen) atoms. The van der Waals surface area contributed by atoms with Crippen LogP contribution in [0.5, 0.6) is 5.88 Å². The van der Waals surface area contributed by atoms with Gasteiger partial charge in [-0.3, -0.25) is 0 Å². The summed E-state index contributed by atoms with van der Waals surface area (Å²) in [6, 6.07) is 14.4. The Morgan fingerprint density at radius 3 is 2.52 bits per heavy atom. The molecule has 1 aromatic carbocycles. The van der Waals surface area contributed by atoms with E-state index in [1.54, 1.807) is 0 Å². The van der Waals surface area contributed by atoms with Crippen molar-refractivity contribution in [2.45, 2.75) is 39.8 Å². The van der Waals surface area contributed by atoms with Gasteiger partial charge in [-0.1, -0.05) is 51.1 Å². The van der Waals surface area contributed by atoms with Gasteiger partial charge in [0, 0.05) is 18.3 Å². The summed E-state index contributed by atoms with van der Waals surface area (Å²) in [5.74, 6) is 1.10. The molecule has 0 atom stereocenters. The lowest BCUT2D eigenvalue weighted by Gasteiger charge is -2.12. The monoisotopic (exact) mass is 284 g/mol. The number of nitrogens with one attached hydrogen (secondary N) is 1. The molecule has 0 aliphatic heterocycles. The number of ether oxygens (including phenoxy) is 1. The highest BCUT2D eigenvalue weighted by Crippen LogP contribution is 2.20. The zero-order valence-corrected chi connectivity index (χ0v) is 13.1. The van der Waals surface area contributed by atoms with Gasteiger partial charge in [0.25, 0.3) is 0 Å². The van der Waals surface area contributed by atoms with Gasteiger partial charge in [0.2, 0.25) is 5.88 Å². The number of hydrogen-bond donors (Lipinski definition) is 1. The standard InChI is InChI=1S/C18H24N2O/c1-4-19-12-16-10-17(14(2)3)20-18(11-16)21-13-15-8-6-5-7-9-15/h5-11,14,19H,4,12-13H2,1-3H3. The summed E-state index contributed by atoms with van der Waals surface area (Å²) in [6.45, 7) is 8.77. The minimum atomic E-state index is 0.394. The maximum atomic E-state index is 5.86. The first-order valence-corrected chi connectivity index (χ1v) is 7.57. The van der Waals surface area contributed by atoms with E-state index in [2.05, 4.69) is 49.3 Å². The van der Waals surface area contributed by atoms with E-state index in [9.17, 15) is 0 Å². The highest BCUT2D eigenvalue weighted by Gasteiger charge is 2.07. The maximum absolute atomic E-state index is 5.86. The largest absolute Gasteiger partial charge is 0.473 e. The number of hydrogen-bond acceptors (Lipinski definition) is 3. The van der Waals surface area contributed by atoms with Crippen molar-refractivity contribution >= 4 is 0 Å². The Balaban J connectivity index is 2.11. The van der Waals surface area contributed by atoms with Crippen LogP contribution in [-0.2, 0) is 13.2 Å². The van der Waals surface area contributed by atoms with Crippen molar-refractivity contribution in [1.82, 2.24) is 10.3 Å². The van der Waals surface area contributed by atoms with Crippen LogP contribution in [0.1, 0.15) is 43.5 Å². The lowest BCUT2D eigenvalue weighted by molar-refractivity contribution is 0.292. The predicted molar refractivity (Wildman–Crippen MR) is 86.5 cm³/mol. The molecule has 0 saturated heterocycles. The molecule has 2 aromatic rings. The minimum absolute atomic E-state index is 0.394. The number of benzene rings is 1. The summed E-state index contributed by atoms with van der Waals surface area (Å²) in [5.41, 5.74) is 3.45. The van der Waals surface area contributed by atoms with Gasteiger partial charge >= 0.3 is 0 Å². The van der Waals surface area contributed by atoms with Gasteiger partial charge in [0.05, 0.1) is 0 Å². The summed E-state index contributed by atoms with van der Waals surface area (Å²) >= 11 is 0. The molecule has 0 aliphatic rings. The van der Waals surface area contributed by atoms with Gasteiger partial charge in [-0.25, -0.2) is 4.98 Å². The van der Waals surface area contributed by atoms with E-state index < -0.39 is 0 Å². The molecule has 0 fully saturated rings. The van der Waals surface area contributed by atoms with Crippen molar-refractivity contribution in [3.8, 4) is 5.88 Å². The molecule has 0 radical (unpaired) electrons. The van der Waals surface area contributed by atoms with Gasteiger partial charge in [-0.2, -0.15) is 0 Å². The zero-order chi connectivity index (χ0) is 15.1. The Morgan fingerprint density at radius 1 is 1.10 bits per heavy atom. The fourth-order valence-electron chi connectivity index (χ4n) is 2.05. The molecular weight excluding hydrogens is 260 g/mol. The Hall–Kier alpha value is -1.87. The van der Waals surface area contributed by atoms with Gasteiger partial charge in [0.1, 0.15) is 6.61 Å². The fraction of sp³-hybridized carbons (Fsp3) is 0.389. The van der Waals surface area contributed by atoms with E-state index in [0.29, 0.717) is 18.4 Å². The maximum Gasteiger partial charge on any atom is 0.214 e. The normalized spacial score (nSPS) is 10.9. The lowest BCUT2D eigenvalue weighted by atomic mass is 10.1. The summed E-state index contributed by atoms with van der Waals surface area (Å²) in [7, 11) is 0. The van der Waals surface area contributed by atoms with E-state index in [0.717, 1.165) is 24.3 Å². The van der Waals surface area contributed by atoms with Crippen LogP contribution in [0.15, 0.2) is 42.5 Å². The average Bonchev–Trinajstić information content (AvgIpc) is 2.51. The first kappa shape index (κ1) is 15.5. The van der Waals surface area contributed by atoms with E-state index in [1.165, 1.54) is 5.56 Å². The van der Waals surface area contributed by atoms with E-state index in [4.69, 9.17) is 4.74 Å². The molecule has 0 unspecified atom stereocenters. The molecule has 1 heterocycles. The van der Waals surface area contributed by atoms with Crippen molar-refractivity contribution in [1.29, 1.82) is 0 Å². The quantitative estimate of drug-likeness (QED) is 0.837. The molecule has 1 N–H and O–H groups in total. The van der Waals surface area contributed by atoms with Crippen LogP contribution in [0.25, 0.3) is 0 Å². The molecule has 0 aliphatic carbocycles. The molecule has 0 saturated carbocycles. The number of aromatic nitrogens is 1. The minimum Gasteiger partial charge on any atom is -0.473 e. The second kappa shape index (κ2) is 7.79. The number of nitrogens with zero attached hydrogens (tertiary/aromatic N) is 1. The first-order chi connectivity index (χ1) is 10.2. The van der Waals surface area contributed by atoms with E-state index >= 15 is 0 Å². The molecule has 1 aromatic heterocycles. The predicted octanol–water partition coefficient (Wildman–Crippen LogP) is 3.89. The SMILES string of the molecule is CCNCc1cc(OCc2ccccc2)nc(C(C)C)c1. The molecule has 2 rings (SSSR count). The molecule has 0 amide bonds. The first-order valence-electron chi connectivity index (χ1n) is 7.57. The second-order valence-electron chi connectivity index (χ2n) is 5.45.